The van der Waals surface area contributed by atoms with Crippen LogP contribution in [-0.2, 0) is 4.79 Å². The van der Waals surface area contributed by atoms with Crippen LogP contribution < -0.4 is 5.32 Å². The Morgan fingerprint density at radius 2 is 2.22 bits per heavy atom. The number of carboxylic acids is 1. The van der Waals surface area contributed by atoms with Crippen molar-refractivity contribution in [1.82, 2.24) is 4.98 Å². The van der Waals surface area contributed by atoms with Crippen LogP contribution >= 0.6 is 11.6 Å². The van der Waals surface area contributed by atoms with E-state index in [9.17, 15) is 4.79 Å². The summed E-state index contributed by atoms with van der Waals surface area (Å²) in [4.78, 5) is 14.6. The van der Waals surface area contributed by atoms with Gasteiger partial charge in [0.25, 0.3) is 0 Å². The summed E-state index contributed by atoms with van der Waals surface area (Å²) in [6.45, 7) is 0. The van der Waals surface area contributed by atoms with Crippen LogP contribution in [0.15, 0.2) is 18.3 Å². The number of aliphatic carboxylic acids is 1. The molecule has 0 atom stereocenters. The minimum absolute atomic E-state index is 0.454. The average Bonchev–Trinajstić information content (AvgIpc) is 2.82. The lowest BCUT2D eigenvalue weighted by molar-refractivity contribution is -0.131. The molecule has 1 aliphatic carbocycles. The zero-order valence-corrected chi connectivity index (χ0v) is 10.7. The van der Waals surface area contributed by atoms with Crippen LogP contribution in [0.1, 0.15) is 31.2 Å². The molecule has 1 aromatic heterocycles. The predicted octanol–water partition coefficient (Wildman–Crippen LogP) is 3.19. The highest BCUT2D eigenvalue weighted by atomic mass is 35.5. The number of nitrogens with one attached hydrogen (secondary N) is 1. The Balaban J connectivity index is 2.06. The molecule has 1 fully saturated rings. The number of nitrogens with zero attached hydrogens (tertiary/aromatic N) is 1. The lowest BCUT2D eigenvalue weighted by Crippen LogP contribution is -2.15. The van der Waals surface area contributed by atoms with Gasteiger partial charge in [-0.2, -0.15) is 0 Å². The smallest absolute Gasteiger partial charge is 0.328 e. The number of carbonyl (C=O) groups is 1. The van der Waals surface area contributed by atoms with Crippen LogP contribution in [0.3, 0.4) is 0 Å². The summed E-state index contributed by atoms with van der Waals surface area (Å²) in [5.41, 5.74) is 0.680. The molecule has 1 aliphatic rings. The minimum atomic E-state index is -0.987. The van der Waals surface area contributed by atoms with Gasteiger partial charge in [-0.1, -0.05) is 24.4 Å². The van der Waals surface area contributed by atoms with Crippen molar-refractivity contribution in [2.45, 2.75) is 31.7 Å². The van der Waals surface area contributed by atoms with Gasteiger partial charge in [0.1, 0.15) is 5.82 Å². The normalized spacial score (nSPS) is 16.3. The van der Waals surface area contributed by atoms with E-state index in [4.69, 9.17) is 16.7 Å². The van der Waals surface area contributed by atoms with Crippen LogP contribution in [0, 0.1) is 0 Å². The highest BCUT2D eigenvalue weighted by Gasteiger charge is 2.16. The Bertz CT molecular complexity index is 468. The number of carboxylic acid groups (broad SMARTS) is 1. The molecule has 0 aromatic carbocycles. The largest absolute Gasteiger partial charge is 0.478 e. The molecular weight excluding hydrogens is 252 g/mol. The first kappa shape index (κ1) is 12.9. The molecule has 0 spiro atoms. The van der Waals surface area contributed by atoms with Crippen molar-refractivity contribution < 1.29 is 9.90 Å². The second-order valence-electron chi connectivity index (χ2n) is 4.40. The van der Waals surface area contributed by atoms with Crippen LogP contribution in [0.5, 0.6) is 0 Å². The monoisotopic (exact) mass is 266 g/mol. The fourth-order valence-electron chi connectivity index (χ4n) is 2.08. The number of anilines is 1. The van der Waals surface area contributed by atoms with E-state index in [1.807, 2.05) is 0 Å². The van der Waals surface area contributed by atoms with Crippen LogP contribution in [-0.4, -0.2) is 22.1 Å². The van der Waals surface area contributed by atoms with Crippen LogP contribution in [0.4, 0.5) is 5.82 Å². The average molecular weight is 267 g/mol. The Hall–Kier alpha value is -1.55. The predicted molar refractivity (Wildman–Crippen MR) is 71.8 cm³/mol. The molecule has 0 radical (unpaired) electrons. The van der Waals surface area contributed by atoms with E-state index >= 15 is 0 Å². The highest BCUT2D eigenvalue weighted by molar-refractivity contribution is 6.33. The maximum atomic E-state index is 10.4. The molecule has 0 unspecified atom stereocenters. The van der Waals surface area contributed by atoms with E-state index in [0.29, 0.717) is 22.4 Å². The highest BCUT2D eigenvalue weighted by Crippen LogP contribution is 2.26. The molecule has 1 saturated carbocycles. The number of aromatic nitrogens is 1. The third kappa shape index (κ3) is 3.47. The molecule has 96 valence electrons. The molecule has 1 heterocycles. The first-order valence-corrected chi connectivity index (χ1v) is 6.36. The van der Waals surface area contributed by atoms with E-state index in [1.165, 1.54) is 18.9 Å². The fraction of sp³-hybridized carbons (Fsp3) is 0.385. The minimum Gasteiger partial charge on any atom is -0.478 e. The Morgan fingerprint density at radius 3 is 2.83 bits per heavy atom. The van der Waals surface area contributed by atoms with Crippen molar-refractivity contribution in [3.05, 3.63) is 28.9 Å². The molecule has 2 rings (SSSR count). The summed E-state index contributed by atoms with van der Waals surface area (Å²) < 4.78 is 0. The number of rotatable bonds is 4. The van der Waals surface area contributed by atoms with E-state index < -0.39 is 5.97 Å². The van der Waals surface area contributed by atoms with Crippen molar-refractivity contribution in [1.29, 1.82) is 0 Å². The third-order valence-corrected chi connectivity index (χ3v) is 3.26. The van der Waals surface area contributed by atoms with Crippen LogP contribution in [0.25, 0.3) is 6.08 Å². The van der Waals surface area contributed by atoms with Gasteiger partial charge in [0.2, 0.25) is 0 Å². The summed E-state index contributed by atoms with van der Waals surface area (Å²) in [5.74, 6) is -0.310. The summed E-state index contributed by atoms with van der Waals surface area (Å²) >= 11 is 6.12. The summed E-state index contributed by atoms with van der Waals surface area (Å²) in [7, 11) is 0. The van der Waals surface area contributed by atoms with Crippen molar-refractivity contribution >= 4 is 29.5 Å². The number of hydrogen-bond acceptors (Lipinski definition) is 3. The Labute approximate surface area is 111 Å². The first-order valence-electron chi connectivity index (χ1n) is 5.98. The number of pyridine rings is 1. The molecule has 2 N–H and O–H groups in total. The molecule has 5 heteroatoms. The topological polar surface area (TPSA) is 62.2 Å². The van der Waals surface area contributed by atoms with Gasteiger partial charge in [-0.25, -0.2) is 9.78 Å². The second-order valence-corrected chi connectivity index (χ2v) is 4.80. The molecule has 0 bridgehead atoms. The summed E-state index contributed by atoms with van der Waals surface area (Å²) in [5, 5.41) is 12.4. The summed E-state index contributed by atoms with van der Waals surface area (Å²) in [6.07, 6.45) is 8.95. The van der Waals surface area contributed by atoms with Crippen molar-refractivity contribution in [3.63, 3.8) is 0 Å². The lowest BCUT2D eigenvalue weighted by atomic mass is 10.2. The van der Waals surface area contributed by atoms with E-state index in [0.717, 1.165) is 18.9 Å². The maximum Gasteiger partial charge on any atom is 0.328 e. The molecule has 0 aliphatic heterocycles. The van der Waals surface area contributed by atoms with Gasteiger partial charge >= 0.3 is 5.97 Å². The SMILES string of the molecule is O=C(O)/C=C/c1cnc(NC2CCCC2)c(Cl)c1. The first-order chi connectivity index (χ1) is 8.65. The molecular formula is C13H15ClN2O2. The van der Waals surface area contributed by atoms with E-state index in [1.54, 1.807) is 12.3 Å². The third-order valence-electron chi connectivity index (χ3n) is 2.98. The van der Waals surface area contributed by atoms with E-state index in [2.05, 4.69) is 10.3 Å². The van der Waals surface area contributed by atoms with E-state index in [-0.39, 0.29) is 0 Å². The Morgan fingerprint density at radius 1 is 1.50 bits per heavy atom. The second kappa shape index (κ2) is 5.87. The van der Waals surface area contributed by atoms with Gasteiger partial charge in [0.05, 0.1) is 5.02 Å². The van der Waals surface area contributed by atoms with Gasteiger partial charge in [0, 0.05) is 18.3 Å². The number of hydrogen-bond donors (Lipinski definition) is 2. The zero-order chi connectivity index (χ0) is 13.0. The van der Waals surface area contributed by atoms with Crippen molar-refractivity contribution in [2.75, 3.05) is 5.32 Å². The molecule has 0 amide bonds. The van der Waals surface area contributed by atoms with Gasteiger partial charge < -0.3 is 10.4 Å². The van der Waals surface area contributed by atoms with Crippen molar-refractivity contribution in [2.24, 2.45) is 0 Å². The van der Waals surface area contributed by atoms with Gasteiger partial charge in [-0.15, -0.1) is 0 Å². The van der Waals surface area contributed by atoms with Gasteiger partial charge in [-0.3, -0.25) is 0 Å². The summed E-state index contributed by atoms with van der Waals surface area (Å²) in [6, 6.07) is 2.17. The van der Waals surface area contributed by atoms with Gasteiger partial charge in [-0.05, 0) is 30.5 Å². The van der Waals surface area contributed by atoms with Crippen LogP contribution in [0.2, 0.25) is 5.02 Å². The molecule has 0 saturated heterocycles. The zero-order valence-electron chi connectivity index (χ0n) is 9.90. The maximum absolute atomic E-state index is 10.4. The molecule has 4 nitrogen and oxygen atoms in total. The van der Waals surface area contributed by atoms with Crippen molar-refractivity contribution in [3.8, 4) is 0 Å². The lowest BCUT2D eigenvalue weighted by Gasteiger charge is -2.13. The Kier molecular flexibility index (Phi) is 4.20. The molecule has 18 heavy (non-hydrogen) atoms. The molecule has 1 aromatic rings. The standard InChI is InChI=1S/C13H15ClN2O2/c14-11-7-9(5-6-12(17)18)8-15-13(11)16-10-3-1-2-4-10/h5-8,10H,1-4H2,(H,15,16)(H,17,18)/b6-5+. The quantitative estimate of drug-likeness (QED) is 0.822. The van der Waals surface area contributed by atoms with Gasteiger partial charge in [0.15, 0.2) is 0 Å². The fourth-order valence-corrected chi connectivity index (χ4v) is 2.31. The number of halogens is 1.